The molecule has 0 aliphatic carbocycles. The summed E-state index contributed by atoms with van der Waals surface area (Å²) in [5.41, 5.74) is 0.908. The normalized spacial score (nSPS) is 14.1. The van der Waals surface area contributed by atoms with Crippen molar-refractivity contribution < 1.29 is 19.1 Å². The van der Waals surface area contributed by atoms with Gasteiger partial charge in [0.05, 0.1) is 13.0 Å². The first kappa shape index (κ1) is 19.6. The molecule has 2 heterocycles. The summed E-state index contributed by atoms with van der Waals surface area (Å²) < 4.78 is 12.2. The molecule has 3 rings (SSSR count). The van der Waals surface area contributed by atoms with E-state index in [1.807, 2.05) is 24.3 Å². The Morgan fingerprint density at radius 3 is 2.36 bits per heavy atom. The van der Waals surface area contributed by atoms with Gasteiger partial charge in [-0.3, -0.25) is 4.79 Å². The molecule has 0 N–H and O–H groups in total. The standard InChI is InChI=1S/C18H24N6O4/c1-3-27-18(26)24-10-8-23(9-11-24)17(25)12-14-4-6-15(7-5-14)28-13-16-19-20-21-22(16)2/h4-7H,3,8-13H2,1-2H3. The molecule has 1 aromatic heterocycles. The molecule has 150 valence electrons. The van der Waals surface area contributed by atoms with Crippen LogP contribution < -0.4 is 4.74 Å². The van der Waals surface area contributed by atoms with Crippen molar-refractivity contribution in [3.63, 3.8) is 0 Å². The van der Waals surface area contributed by atoms with Gasteiger partial charge in [0, 0.05) is 33.2 Å². The van der Waals surface area contributed by atoms with Crippen LogP contribution in [0.5, 0.6) is 5.75 Å². The number of rotatable bonds is 6. The molecule has 0 atom stereocenters. The fourth-order valence-corrected chi connectivity index (χ4v) is 2.86. The lowest BCUT2D eigenvalue weighted by atomic mass is 10.1. The van der Waals surface area contributed by atoms with Crippen molar-refractivity contribution in [3.05, 3.63) is 35.7 Å². The van der Waals surface area contributed by atoms with Crippen molar-refractivity contribution in [1.29, 1.82) is 0 Å². The number of tetrazole rings is 1. The first-order chi connectivity index (χ1) is 13.6. The van der Waals surface area contributed by atoms with Gasteiger partial charge in [-0.05, 0) is 35.0 Å². The van der Waals surface area contributed by atoms with Gasteiger partial charge < -0.3 is 19.3 Å². The van der Waals surface area contributed by atoms with E-state index < -0.39 is 0 Å². The van der Waals surface area contributed by atoms with Gasteiger partial charge in [-0.2, -0.15) is 0 Å². The number of aromatic nitrogens is 4. The van der Waals surface area contributed by atoms with Crippen molar-refractivity contribution in [2.75, 3.05) is 32.8 Å². The third-order valence-corrected chi connectivity index (χ3v) is 4.51. The van der Waals surface area contributed by atoms with Gasteiger partial charge in [0.25, 0.3) is 0 Å². The lowest BCUT2D eigenvalue weighted by molar-refractivity contribution is -0.132. The highest BCUT2D eigenvalue weighted by molar-refractivity contribution is 5.79. The van der Waals surface area contributed by atoms with Crippen LogP contribution in [0.4, 0.5) is 4.79 Å². The Morgan fingerprint density at radius 1 is 1.07 bits per heavy atom. The lowest BCUT2D eigenvalue weighted by Gasteiger charge is -2.34. The van der Waals surface area contributed by atoms with Gasteiger partial charge >= 0.3 is 6.09 Å². The summed E-state index contributed by atoms with van der Waals surface area (Å²) in [6.07, 6.45) is -0.00493. The van der Waals surface area contributed by atoms with E-state index >= 15 is 0 Å². The van der Waals surface area contributed by atoms with Crippen LogP contribution >= 0.6 is 0 Å². The van der Waals surface area contributed by atoms with Gasteiger partial charge in [0.1, 0.15) is 12.4 Å². The zero-order valence-corrected chi connectivity index (χ0v) is 16.1. The zero-order chi connectivity index (χ0) is 19.9. The summed E-state index contributed by atoms with van der Waals surface area (Å²) >= 11 is 0. The second-order valence-electron chi connectivity index (χ2n) is 6.39. The molecular formula is C18H24N6O4. The molecule has 0 bridgehead atoms. The summed E-state index contributed by atoms with van der Waals surface area (Å²) in [5, 5.41) is 11.2. The number of nitrogens with zero attached hydrogens (tertiary/aromatic N) is 6. The van der Waals surface area contributed by atoms with Crippen LogP contribution in [0.15, 0.2) is 24.3 Å². The van der Waals surface area contributed by atoms with Crippen molar-refractivity contribution in [1.82, 2.24) is 30.0 Å². The molecule has 1 aromatic carbocycles. The van der Waals surface area contributed by atoms with E-state index in [4.69, 9.17) is 9.47 Å². The van der Waals surface area contributed by atoms with Crippen molar-refractivity contribution >= 4 is 12.0 Å². The van der Waals surface area contributed by atoms with Gasteiger partial charge in [-0.1, -0.05) is 12.1 Å². The second-order valence-corrected chi connectivity index (χ2v) is 6.39. The second kappa shape index (κ2) is 9.16. The van der Waals surface area contributed by atoms with E-state index in [-0.39, 0.29) is 18.6 Å². The molecular weight excluding hydrogens is 364 g/mol. The molecule has 0 unspecified atom stereocenters. The molecule has 2 amide bonds. The summed E-state index contributed by atoms with van der Waals surface area (Å²) in [4.78, 5) is 27.6. The fraction of sp³-hybridized carbons (Fsp3) is 0.500. The maximum absolute atomic E-state index is 12.5. The van der Waals surface area contributed by atoms with Crippen LogP contribution in [0.3, 0.4) is 0 Å². The summed E-state index contributed by atoms with van der Waals surface area (Å²) in [5.74, 6) is 1.35. The van der Waals surface area contributed by atoms with Crippen LogP contribution in [-0.2, 0) is 29.6 Å². The predicted molar refractivity (Wildman–Crippen MR) is 98.5 cm³/mol. The maximum Gasteiger partial charge on any atom is 0.409 e. The van der Waals surface area contributed by atoms with E-state index in [2.05, 4.69) is 15.5 Å². The third kappa shape index (κ3) is 4.96. The molecule has 1 aliphatic heterocycles. The van der Waals surface area contributed by atoms with Gasteiger partial charge in [-0.25, -0.2) is 9.48 Å². The van der Waals surface area contributed by atoms with E-state index in [9.17, 15) is 9.59 Å². The van der Waals surface area contributed by atoms with Crippen molar-refractivity contribution in [3.8, 4) is 5.75 Å². The van der Waals surface area contributed by atoms with Crippen LogP contribution in [0, 0.1) is 0 Å². The molecule has 0 saturated carbocycles. The number of ether oxygens (including phenoxy) is 2. The number of hydrogen-bond donors (Lipinski definition) is 0. The van der Waals surface area contributed by atoms with E-state index in [1.165, 1.54) is 0 Å². The Kier molecular flexibility index (Phi) is 6.41. The minimum absolute atomic E-state index is 0.0438. The smallest absolute Gasteiger partial charge is 0.409 e. The number of benzene rings is 1. The summed E-state index contributed by atoms with van der Waals surface area (Å²) in [6.45, 7) is 4.43. The zero-order valence-electron chi connectivity index (χ0n) is 16.1. The van der Waals surface area contributed by atoms with Crippen LogP contribution in [0.1, 0.15) is 18.3 Å². The summed E-state index contributed by atoms with van der Waals surface area (Å²) in [7, 11) is 1.75. The van der Waals surface area contributed by atoms with Crippen LogP contribution in [0.25, 0.3) is 0 Å². The number of piperazine rings is 1. The largest absolute Gasteiger partial charge is 0.486 e. The maximum atomic E-state index is 12.5. The van der Waals surface area contributed by atoms with E-state index in [1.54, 1.807) is 28.5 Å². The number of carbonyl (C=O) groups is 2. The minimum Gasteiger partial charge on any atom is -0.486 e. The Hall–Kier alpha value is -3.17. The van der Waals surface area contributed by atoms with Gasteiger partial charge in [0.2, 0.25) is 5.91 Å². The monoisotopic (exact) mass is 388 g/mol. The Bertz CT molecular complexity index is 799. The highest BCUT2D eigenvalue weighted by atomic mass is 16.6. The molecule has 1 aliphatic rings. The summed E-state index contributed by atoms with van der Waals surface area (Å²) in [6, 6.07) is 7.39. The Balaban J connectivity index is 1.45. The quantitative estimate of drug-likeness (QED) is 0.715. The number of carbonyl (C=O) groups excluding carboxylic acids is 2. The first-order valence-corrected chi connectivity index (χ1v) is 9.19. The molecule has 28 heavy (non-hydrogen) atoms. The fourth-order valence-electron chi connectivity index (χ4n) is 2.86. The van der Waals surface area contributed by atoms with Crippen LogP contribution in [0.2, 0.25) is 0 Å². The highest BCUT2D eigenvalue weighted by Gasteiger charge is 2.24. The SMILES string of the molecule is CCOC(=O)N1CCN(C(=O)Cc2ccc(OCc3nnnn3C)cc2)CC1. The Labute approximate surface area is 163 Å². The number of hydrogen-bond acceptors (Lipinski definition) is 7. The van der Waals surface area contributed by atoms with Crippen LogP contribution in [-0.4, -0.2) is 74.8 Å². The predicted octanol–water partition coefficient (Wildman–Crippen LogP) is 0.632. The van der Waals surface area contributed by atoms with Crippen molar-refractivity contribution in [2.24, 2.45) is 7.05 Å². The highest BCUT2D eigenvalue weighted by Crippen LogP contribution is 2.15. The van der Waals surface area contributed by atoms with Gasteiger partial charge in [-0.15, -0.1) is 5.10 Å². The molecule has 10 nitrogen and oxygen atoms in total. The molecule has 2 aromatic rings. The number of aryl methyl sites for hydroxylation is 1. The lowest BCUT2D eigenvalue weighted by Crippen LogP contribution is -2.51. The van der Waals surface area contributed by atoms with Gasteiger partial charge in [0.15, 0.2) is 5.82 Å². The average molecular weight is 388 g/mol. The van der Waals surface area contributed by atoms with Crippen molar-refractivity contribution in [2.45, 2.75) is 20.0 Å². The topological polar surface area (TPSA) is 103 Å². The van der Waals surface area contributed by atoms with E-state index in [0.717, 1.165) is 5.56 Å². The first-order valence-electron chi connectivity index (χ1n) is 9.19. The average Bonchev–Trinajstić information content (AvgIpc) is 3.12. The minimum atomic E-state index is -0.317. The molecule has 1 saturated heterocycles. The Morgan fingerprint density at radius 2 is 1.75 bits per heavy atom. The molecule has 0 radical (unpaired) electrons. The van der Waals surface area contributed by atoms with E-state index in [0.29, 0.717) is 50.8 Å². The molecule has 0 spiro atoms. The molecule has 10 heteroatoms. The molecule has 1 fully saturated rings. The third-order valence-electron chi connectivity index (χ3n) is 4.51. The number of amides is 2.